The molecule has 0 spiro atoms. The highest BCUT2D eigenvalue weighted by molar-refractivity contribution is 6.20. The Morgan fingerprint density at radius 3 is 2.86 bits per heavy atom. The Labute approximate surface area is 172 Å². The van der Waals surface area contributed by atoms with Gasteiger partial charge in [-0.2, -0.15) is 0 Å². The number of hydrogen-bond donors (Lipinski definition) is 3. The molecule has 2 heterocycles. The number of aliphatic imine (C=N–C) groups is 2. The lowest BCUT2D eigenvalue weighted by Gasteiger charge is -2.32. The molecule has 0 amide bonds. The van der Waals surface area contributed by atoms with Gasteiger partial charge < -0.3 is 26.4 Å². The predicted molar refractivity (Wildman–Crippen MR) is 121 cm³/mol. The minimum atomic E-state index is 0.387. The normalized spacial score (nSPS) is 25.0. The van der Waals surface area contributed by atoms with Gasteiger partial charge in [0.1, 0.15) is 0 Å². The zero-order valence-corrected chi connectivity index (χ0v) is 17.2. The molecule has 1 aromatic rings. The maximum atomic E-state index is 6.20. The fourth-order valence-electron chi connectivity index (χ4n) is 4.18. The maximum Gasteiger partial charge on any atom is 0.0886 e. The van der Waals surface area contributed by atoms with E-state index in [1.54, 1.807) is 0 Å². The average Bonchev–Trinajstić information content (AvgIpc) is 2.71. The van der Waals surface area contributed by atoms with Crippen molar-refractivity contribution < 1.29 is 4.74 Å². The van der Waals surface area contributed by atoms with Crippen molar-refractivity contribution in [1.29, 1.82) is 0 Å². The largest absolute Gasteiger partial charge is 0.402 e. The highest BCUT2D eigenvalue weighted by Gasteiger charge is 2.27. The number of rotatable bonds is 6. The van der Waals surface area contributed by atoms with E-state index in [2.05, 4.69) is 28.4 Å². The van der Waals surface area contributed by atoms with Crippen molar-refractivity contribution in [1.82, 2.24) is 0 Å². The van der Waals surface area contributed by atoms with Gasteiger partial charge in [0.2, 0.25) is 0 Å². The Bertz CT molecular complexity index is 815. The molecule has 2 fully saturated rings. The number of morpholine rings is 1. The minimum absolute atomic E-state index is 0.387. The molecule has 2 aliphatic heterocycles. The molecule has 7 nitrogen and oxygen atoms in total. The minimum Gasteiger partial charge on any atom is -0.402 e. The molecule has 0 unspecified atom stereocenters. The summed E-state index contributed by atoms with van der Waals surface area (Å²) in [6.45, 7) is 6.70. The molecule has 1 aliphatic carbocycles. The van der Waals surface area contributed by atoms with Gasteiger partial charge in [-0.25, -0.2) is 4.99 Å². The first kappa shape index (κ1) is 19.9. The van der Waals surface area contributed by atoms with E-state index in [9.17, 15) is 0 Å². The summed E-state index contributed by atoms with van der Waals surface area (Å²) in [4.78, 5) is 12.1. The van der Waals surface area contributed by atoms with Crippen LogP contribution in [-0.2, 0) is 4.74 Å². The fourth-order valence-corrected chi connectivity index (χ4v) is 4.18. The third-order valence-corrected chi connectivity index (χ3v) is 6.00. The first-order valence-corrected chi connectivity index (χ1v) is 10.6. The number of nitrogens with zero attached hydrogens (tertiary/aromatic N) is 3. The van der Waals surface area contributed by atoms with Crippen LogP contribution in [0.25, 0.3) is 0 Å². The van der Waals surface area contributed by atoms with E-state index in [1.807, 2.05) is 13.1 Å². The number of benzene rings is 1. The summed E-state index contributed by atoms with van der Waals surface area (Å²) in [5.41, 5.74) is 17.7. The Morgan fingerprint density at radius 1 is 1.34 bits per heavy atom. The molecule has 1 aromatic carbocycles. The van der Waals surface area contributed by atoms with Crippen LogP contribution in [0.5, 0.6) is 0 Å². The molecule has 0 aromatic heterocycles. The van der Waals surface area contributed by atoms with Crippen LogP contribution < -0.4 is 21.7 Å². The number of nitrogens with two attached hydrogens (primary N) is 2. The predicted octanol–water partition coefficient (Wildman–Crippen LogP) is 2.45. The number of anilines is 2. The molecule has 29 heavy (non-hydrogen) atoms. The molecular formula is C22H32N6O. The maximum absolute atomic E-state index is 6.20. The molecule has 0 bridgehead atoms. The second-order valence-electron chi connectivity index (χ2n) is 8.16. The molecule has 3 aliphatic rings. The van der Waals surface area contributed by atoms with Crippen LogP contribution >= 0.6 is 0 Å². The highest BCUT2D eigenvalue weighted by atomic mass is 16.5. The molecule has 4 rings (SSSR count). The van der Waals surface area contributed by atoms with E-state index in [4.69, 9.17) is 26.2 Å². The van der Waals surface area contributed by atoms with E-state index in [-0.39, 0.29) is 0 Å². The molecule has 7 heteroatoms. The van der Waals surface area contributed by atoms with E-state index >= 15 is 0 Å². The van der Waals surface area contributed by atoms with Gasteiger partial charge in [-0.05, 0) is 56.8 Å². The number of fused-ring (bicyclic) bond motifs is 1. The summed E-state index contributed by atoms with van der Waals surface area (Å²) in [5.74, 6) is 0.729. The van der Waals surface area contributed by atoms with Crippen LogP contribution in [0.4, 0.5) is 17.1 Å². The van der Waals surface area contributed by atoms with Crippen LogP contribution in [0.15, 0.2) is 39.5 Å². The number of allylic oxidation sites excluding steroid dienone is 1. The molecule has 156 valence electrons. The van der Waals surface area contributed by atoms with Crippen LogP contribution in [0.1, 0.15) is 26.2 Å². The first-order valence-electron chi connectivity index (χ1n) is 10.6. The summed E-state index contributed by atoms with van der Waals surface area (Å²) in [5, 5.41) is 3.48. The fraction of sp³-hybridized carbons (Fsp3) is 0.545. The van der Waals surface area contributed by atoms with E-state index in [0.717, 1.165) is 86.4 Å². The Morgan fingerprint density at radius 2 is 2.14 bits per heavy atom. The zero-order valence-electron chi connectivity index (χ0n) is 17.2. The van der Waals surface area contributed by atoms with Gasteiger partial charge in [-0.3, -0.25) is 4.99 Å². The smallest absolute Gasteiger partial charge is 0.0886 e. The second-order valence-corrected chi connectivity index (χ2v) is 8.16. The highest BCUT2D eigenvalue weighted by Crippen LogP contribution is 2.34. The van der Waals surface area contributed by atoms with Gasteiger partial charge >= 0.3 is 0 Å². The van der Waals surface area contributed by atoms with Crippen LogP contribution in [0.2, 0.25) is 0 Å². The first-order chi connectivity index (χ1) is 14.1. The summed E-state index contributed by atoms with van der Waals surface area (Å²) in [6.07, 6.45) is 5.28. The topological polar surface area (TPSA) is 101 Å². The molecule has 1 saturated heterocycles. The van der Waals surface area contributed by atoms with Crippen LogP contribution in [-0.4, -0.2) is 57.4 Å². The zero-order chi connectivity index (χ0) is 20.2. The van der Waals surface area contributed by atoms with Gasteiger partial charge in [0, 0.05) is 36.3 Å². The van der Waals surface area contributed by atoms with E-state index in [1.165, 1.54) is 5.69 Å². The molecule has 0 radical (unpaired) electrons. The van der Waals surface area contributed by atoms with Crippen molar-refractivity contribution in [2.45, 2.75) is 32.2 Å². The third kappa shape index (κ3) is 4.62. The molecular weight excluding hydrogens is 364 g/mol. The van der Waals surface area contributed by atoms with Crippen LogP contribution in [0, 0.1) is 5.92 Å². The summed E-state index contributed by atoms with van der Waals surface area (Å²) in [7, 11) is 0. The Kier molecular flexibility index (Phi) is 6.16. The van der Waals surface area contributed by atoms with Crippen molar-refractivity contribution in [3.8, 4) is 0 Å². The van der Waals surface area contributed by atoms with Crippen molar-refractivity contribution >= 4 is 29.0 Å². The number of hydrogen-bond acceptors (Lipinski definition) is 7. The third-order valence-electron chi connectivity index (χ3n) is 6.00. The lowest BCUT2D eigenvalue weighted by Crippen LogP contribution is -2.36. The lowest BCUT2D eigenvalue weighted by molar-refractivity contribution is 0.122. The number of nitrogens with one attached hydrogen (secondary N) is 1. The SMILES string of the molecule is CC(N)=C(C=NC1CC(CCN)C1)C1=Nc2cc(N3CCOCC3)ccc2NC1. The van der Waals surface area contributed by atoms with Gasteiger partial charge in [0.15, 0.2) is 0 Å². The monoisotopic (exact) mass is 396 g/mol. The van der Waals surface area contributed by atoms with Crippen molar-refractivity contribution in [3.63, 3.8) is 0 Å². The standard InChI is InChI=1S/C22H32N6O/c1-15(24)19(13-25-17-10-16(11-17)4-5-23)22-14-26-20-3-2-18(12-21(20)27-22)28-6-8-29-9-7-28/h2-3,12-13,16-17,26H,4-11,14,23-24H2,1H3. The summed E-state index contributed by atoms with van der Waals surface area (Å²) < 4.78 is 5.47. The van der Waals surface area contributed by atoms with Gasteiger partial charge in [-0.15, -0.1) is 0 Å². The van der Waals surface area contributed by atoms with Gasteiger partial charge in [0.25, 0.3) is 0 Å². The van der Waals surface area contributed by atoms with Crippen LogP contribution in [0.3, 0.4) is 0 Å². The van der Waals surface area contributed by atoms with Crippen molar-refractivity contribution in [3.05, 3.63) is 29.5 Å². The second kappa shape index (κ2) is 8.97. The molecule has 1 saturated carbocycles. The molecule has 0 atom stereocenters. The average molecular weight is 397 g/mol. The Balaban J connectivity index is 1.50. The van der Waals surface area contributed by atoms with E-state index < -0.39 is 0 Å². The lowest BCUT2D eigenvalue weighted by atomic mass is 9.78. The van der Waals surface area contributed by atoms with Crippen molar-refractivity contribution in [2.24, 2.45) is 27.4 Å². The summed E-state index contributed by atoms with van der Waals surface area (Å²) in [6, 6.07) is 6.80. The van der Waals surface area contributed by atoms with Gasteiger partial charge in [0.05, 0.1) is 42.9 Å². The molecule has 5 N–H and O–H groups in total. The van der Waals surface area contributed by atoms with Gasteiger partial charge in [-0.1, -0.05) is 0 Å². The quantitative estimate of drug-likeness (QED) is 0.641. The van der Waals surface area contributed by atoms with Crippen molar-refractivity contribution in [2.75, 3.05) is 49.6 Å². The summed E-state index contributed by atoms with van der Waals surface area (Å²) >= 11 is 0. The Hall–Kier alpha value is -2.38. The number of ether oxygens (including phenoxy) is 1. The van der Waals surface area contributed by atoms with E-state index in [0.29, 0.717) is 12.6 Å².